The molecule has 2 aromatic rings. The highest BCUT2D eigenvalue weighted by Crippen LogP contribution is 2.29. The first-order chi connectivity index (χ1) is 9.61. The summed E-state index contributed by atoms with van der Waals surface area (Å²) in [6.07, 6.45) is 0. The molecule has 0 saturated carbocycles. The quantitative estimate of drug-likeness (QED) is 0.856. The molecule has 0 aliphatic carbocycles. The predicted molar refractivity (Wildman–Crippen MR) is 66.6 cm³/mol. The van der Waals surface area contributed by atoms with Gasteiger partial charge in [0.1, 0.15) is 11.4 Å². The number of carbonyl (C=O) groups excluding carboxylic acids is 1. The lowest BCUT2D eigenvalue weighted by Gasteiger charge is -2.08. The average Bonchev–Trinajstić information content (AvgIpc) is 2.88. The summed E-state index contributed by atoms with van der Waals surface area (Å²) in [5, 5.41) is 6.41. The van der Waals surface area contributed by atoms with Crippen LogP contribution in [0.3, 0.4) is 0 Å². The van der Waals surface area contributed by atoms with Crippen molar-refractivity contribution in [3.05, 3.63) is 36.0 Å². The lowest BCUT2D eigenvalue weighted by atomic mass is 10.1. The highest BCUT2D eigenvalue weighted by Gasteiger charge is 2.16. The van der Waals surface area contributed by atoms with E-state index >= 15 is 0 Å². The van der Waals surface area contributed by atoms with Gasteiger partial charge in [-0.15, -0.1) is 0 Å². The molecular weight excluding hydrogens is 270 g/mol. The van der Waals surface area contributed by atoms with E-state index in [9.17, 15) is 13.6 Å². The first kappa shape index (κ1) is 14.0. The van der Waals surface area contributed by atoms with Gasteiger partial charge in [-0.1, -0.05) is 12.1 Å². The zero-order valence-corrected chi connectivity index (χ0v) is 10.6. The Morgan fingerprint density at radius 3 is 2.85 bits per heavy atom. The number of ether oxygens (including phenoxy) is 2. The van der Waals surface area contributed by atoms with Crippen LogP contribution in [0.5, 0.6) is 5.75 Å². The number of aromatic amines is 1. The van der Waals surface area contributed by atoms with Crippen molar-refractivity contribution < 1.29 is 23.0 Å². The fraction of sp³-hybridized carbons (Fsp3) is 0.231. The summed E-state index contributed by atoms with van der Waals surface area (Å²) in [7, 11) is 0. The van der Waals surface area contributed by atoms with Crippen molar-refractivity contribution in [2.45, 2.75) is 13.5 Å². The van der Waals surface area contributed by atoms with Crippen LogP contribution in [0.1, 0.15) is 17.4 Å². The molecule has 0 aliphatic rings. The number of para-hydroxylation sites is 1. The van der Waals surface area contributed by atoms with Gasteiger partial charge in [0, 0.05) is 5.56 Å². The number of aromatic nitrogens is 2. The number of halogens is 2. The summed E-state index contributed by atoms with van der Waals surface area (Å²) in [6.45, 7) is -1.02. The molecule has 1 aromatic heterocycles. The summed E-state index contributed by atoms with van der Waals surface area (Å²) in [4.78, 5) is 11.5. The van der Waals surface area contributed by atoms with E-state index in [2.05, 4.69) is 14.9 Å². The number of nitrogens with one attached hydrogen (secondary N) is 1. The Kier molecular flexibility index (Phi) is 4.29. The van der Waals surface area contributed by atoms with E-state index in [0.717, 1.165) is 0 Å². The number of hydrogen-bond donors (Lipinski definition) is 1. The Labute approximate surface area is 113 Å². The molecule has 2 rings (SSSR count). The van der Waals surface area contributed by atoms with Crippen LogP contribution in [-0.4, -0.2) is 29.4 Å². The van der Waals surface area contributed by atoms with Gasteiger partial charge >= 0.3 is 12.6 Å². The lowest BCUT2D eigenvalue weighted by Crippen LogP contribution is -2.04. The van der Waals surface area contributed by atoms with Crippen molar-refractivity contribution in [2.24, 2.45) is 0 Å². The molecule has 5 nitrogen and oxygen atoms in total. The van der Waals surface area contributed by atoms with Gasteiger partial charge < -0.3 is 9.47 Å². The summed E-state index contributed by atoms with van der Waals surface area (Å²) in [5.41, 5.74) is 0.831. The number of benzene rings is 1. The van der Waals surface area contributed by atoms with E-state index < -0.39 is 12.6 Å². The van der Waals surface area contributed by atoms with Crippen LogP contribution < -0.4 is 4.74 Å². The number of hydrogen-bond acceptors (Lipinski definition) is 4. The number of esters is 1. The first-order valence-corrected chi connectivity index (χ1v) is 5.88. The Hall–Kier alpha value is -2.44. The highest BCUT2D eigenvalue weighted by molar-refractivity contribution is 5.88. The molecule has 106 valence electrons. The molecule has 1 N–H and O–H groups in total. The number of H-pyrrole nitrogens is 1. The number of alkyl halides is 2. The standard InChI is InChI=1S/C13H12F2N2O3/c1-2-19-12(18)10-7-9(16-17-10)8-5-3-4-6-11(8)20-13(14)15/h3-7,13H,2H2,1H3,(H,16,17). The molecule has 0 aliphatic heterocycles. The number of nitrogens with zero attached hydrogens (tertiary/aromatic N) is 1. The van der Waals surface area contributed by atoms with Gasteiger partial charge in [-0.25, -0.2) is 4.79 Å². The van der Waals surface area contributed by atoms with Crippen LogP contribution in [-0.2, 0) is 4.74 Å². The molecule has 1 heterocycles. The summed E-state index contributed by atoms with van der Waals surface area (Å²) >= 11 is 0. The van der Waals surface area contributed by atoms with Crippen LogP contribution in [0.25, 0.3) is 11.3 Å². The third kappa shape index (κ3) is 3.11. The van der Waals surface area contributed by atoms with E-state index in [4.69, 9.17) is 4.74 Å². The van der Waals surface area contributed by atoms with Crippen molar-refractivity contribution in [2.75, 3.05) is 6.61 Å². The lowest BCUT2D eigenvalue weighted by molar-refractivity contribution is -0.0494. The maximum atomic E-state index is 12.3. The second kappa shape index (κ2) is 6.14. The Balaban J connectivity index is 2.30. The third-order valence-electron chi connectivity index (χ3n) is 2.45. The molecule has 1 aromatic carbocycles. The largest absolute Gasteiger partial charge is 0.461 e. The normalized spacial score (nSPS) is 10.6. The van der Waals surface area contributed by atoms with Crippen molar-refractivity contribution in [1.29, 1.82) is 0 Å². The van der Waals surface area contributed by atoms with E-state index in [1.54, 1.807) is 25.1 Å². The van der Waals surface area contributed by atoms with Crippen LogP contribution in [0.15, 0.2) is 30.3 Å². The molecule has 0 saturated heterocycles. The van der Waals surface area contributed by atoms with Crippen LogP contribution >= 0.6 is 0 Å². The molecule has 0 bridgehead atoms. The predicted octanol–water partition coefficient (Wildman–Crippen LogP) is 2.85. The van der Waals surface area contributed by atoms with E-state index in [0.29, 0.717) is 11.3 Å². The second-order valence-corrected chi connectivity index (χ2v) is 3.76. The SMILES string of the molecule is CCOC(=O)c1cc(-c2ccccc2OC(F)F)n[nH]1. The minimum Gasteiger partial charge on any atom is -0.461 e. The topological polar surface area (TPSA) is 64.2 Å². The highest BCUT2D eigenvalue weighted by atomic mass is 19.3. The van der Waals surface area contributed by atoms with Gasteiger partial charge in [-0.3, -0.25) is 5.10 Å². The van der Waals surface area contributed by atoms with Crippen molar-refractivity contribution in [3.63, 3.8) is 0 Å². The van der Waals surface area contributed by atoms with Crippen LogP contribution in [0, 0.1) is 0 Å². The van der Waals surface area contributed by atoms with Gasteiger partial charge in [0.25, 0.3) is 0 Å². The monoisotopic (exact) mass is 282 g/mol. The number of carbonyl (C=O) groups is 1. The van der Waals surface area contributed by atoms with Gasteiger partial charge in [-0.05, 0) is 25.1 Å². The van der Waals surface area contributed by atoms with E-state index in [1.807, 2.05) is 0 Å². The minimum atomic E-state index is -2.93. The number of rotatable bonds is 5. The molecule has 20 heavy (non-hydrogen) atoms. The minimum absolute atomic E-state index is 0.00981. The molecular formula is C13H12F2N2O3. The average molecular weight is 282 g/mol. The van der Waals surface area contributed by atoms with Gasteiger partial charge in [0.2, 0.25) is 0 Å². The summed E-state index contributed by atoms with van der Waals surface area (Å²) < 4.78 is 33.9. The second-order valence-electron chi connectivity index (χ2n) is 3.76. The van der Waals surface area contributed by atoms with Crippen molar-refractivity contribution >= 4 is 5.97 Å². The molecule has 0 amide bonds. The summed E-state index contributed by atoms with van der Waals surface area (Å²) in [5.74, 6) is -0.567. The smallest absolute Gasteiger partial charge is 0.387 e. The van der Waals surface area contributed by atoms with Crippen LogP contribution in [0.2, 0.25) is 0 Å². The maximum Gasteiger partial charge on any atom is 0.387 e. The zero-order chi connectivity index (χ0) is 14.5. The zero-order valence-electron chi connectivity index (χ0n) is 10.6. The Bertz CT molecular complexity index is 599. The van der Waals surface area contributed by atoms with Gasteiger partial charge in [0.05, 0.1) is 12.3 Å². The fourth-order valence-corrected chi connectivity index (χ4v) is 1.65. The van der Waals surface area contributed by atoms with E-state index in [-0.39, 0.29) is 18.1 Å². The molecule has 0 unspecified atom stereocenters. The van der Waals surface area contributed by atoms with Crippen molar-refractivity contribution in [1.82, 2.24) is 10.2 Å². The molecule has 0 atom stereocenters. The third-order valence-corrected chi connectivity index (χ3v) is 2.45. The fourth-order valence-electron chi connectivity index (χ4n) is 1.65. The summed E-state index contributed by atoms with van der Waals surface area (Å²) in [6, 6.07) is 7.63. The maximum absolute atomic E-state index is 12.3. The Morgan fingerprint density at radius 1 is 1.40 bits per heavy atom. The molecule has 0 radical (unpaired) electrons. The molecule has 7 heteroatoms. The van der Waals surface area contributed by atoms with Crippen LogP contribution in [0.4, 0.5) is 8.78 Å². The van der Waals surface area contributed by atoms with Gasteiger partial charge in [-0.2, -0.15) is 13.9 Å². The van der Waals surface area contributed by atoms with Crippen molar-refractivity contribution in [3.8, 4) is 17.0 Å². The van der Waals surface area contributed by atoms with Gasteiger partial charge in [0.15, 0.2) is 0 Å². The molecule has 0 spiro atoms. The first-order valence-electron chi connectivity index (χ1n) is 5.88. The molecule has 0 fully saturated rings. The van der Waals surface area contributed by atoms with E-state index in [1.165, 1.54) is 12.1 Å². The Morgan fingerprint density at radius 2 is 2.15 bits per heavy atom.